The lowest BCUT2D eigenvalue weighted by Gasteiger charge is -2.20. The minimum Gasteiger partial charge on any atom is -0.321 e. The van der Waals surface area contributed by atoms with Gasteiger partial charge in [-0.05, 0) is 44.1 Å². The average molecular weight is 381 g/mol. The Balaban J connectivity index is 1.48. The molecule has 3 aromatic rings. The number of nitrogens with zero attached hydrogens (tertiary/aromatic N) is 2. The number of carbonyl (C=O) groups is 1. The molecule has 0 saturated carbocycles. The van der Waals surface area contributed by atoms with Crippen LogP contribution in [0.3, 0.4) is 0 Å². The summed E-state index contributed by atoms with van der Waals surface area (Å²) in [6.07, 6.45) is 2.12. The number of anilines is 1. The van der Waals surface area contributed by atoms with Gasteiger partial charge in [0.05, 0.1) is 10.7 Å². The molecule has 0 spiro atoms. The molecule has 1 amide bonds. The summed E-state index contributed by atoms with van der Waals surface area (Å²) in [5.74, 6) is 0.213. The number of thiazole rings is 1. The minimum absolute atomic E-state index is 0.224. The highest BCUT2D eigenvalue weighted by molar-refractivity contribution is 7.09. The van der Waals surface area contributed by atoms with E-state index in [-0.39, 0.29) is 11.5 Å². The van der Waals surface area contributed by atoms with Crippen LogP contribution >= 0.6 is 11.3 Å². The lowest BCUT2D eigenvalue weighted by molar-refractivity contribution is 0.102. The van der Waals surface area contributed by atoms with E-state index < -0.39 is 0 Å². The van der Waals surface area contributed by atoms with Crippen LogP contribution in [-0.2, 0) is 0 Å². The zero-order chi connectivity index (χ0) is 18.6. The first-order valence-electron chi connectivity index (χ1n) is 8.83. The number of piperidine rings is 1. The lowest BCUT2D eigenvalue weighted by atomic mass is 9.99. The number of nitrogens with one attached hydrogen (secondary N) is 3. The molecule has 1 aromatic carbocycles. The third-order valence-corrected chi connectivity index (χ3v) is 5.55. The Morgan fingerprint density at radius 3 is 2.81 bits per heavy atom. The van der Waals surface area contributed by atoms with Gasteiger partial charge in [0.25, 0.3) is 11.5 Å². The van der Waals surface area contributed by atoms with E-state index >= 15 is 0 Å². The average Bonchev–Trinajstić information content (AvgIpc) is 3.20. The van der Waals surface area contributed by atoms with Crippen LogP contribution in [-0.4, -0.2) is 34.2 Å². The second-order valence-electron chi connectivity index (χ2n) is 6.44. The summed E-state index contributed by atoms with van der Waals surface area (Å²) in [6.45, 7) is 1.99. The zero-order valence-electron chi connectivity index (χ0n) is 14.6. The smallest absolute Gasteiger partial charge is 0.275 e. The van der Waals surface area contributed by atoms with Crippen molar-refractivity contribution in [2.75, 3.05) is 18.4 Å². The first-order valence-corrected chi connectivity index (χ1v) is 9.71. The molecule has 4 rings (SSSR count). The van der Waals surface area contributed by atoms with Gasteiger partial charge >= 0.3 is 0 Å². The summed E-state index contributed by atoms with van der Waals surface area (Å²) < 4.78 is 0. The number of hydrogen-bond acceptors (Lipinski definition) is 6. The third kappa shape index (κ3) is 4.12. The van der Waals surface area contributed by atoms with Gasteiger partial charge < -0.3 is 10.6 Å². The SMILES string of the molecule is O=C(Nc1cccc(-c2ccc(=O)[nH]n2)c1)c1csc(C2CCNCC2)n1. The maximum atomic E-state index is 12.6. The van der Waals surface area contributed by atoms with Crippen LogP contribution in [0.15, 0.2) is 46.6 Å². The van der Waals surface area contributed by atoms with Gasteiger partial charge in [-0.2, -0.15) is 5.10 Å². The highest BCUT2D eigenvalue weighted by Crippen LogP contribution is 2.28. The Bertz CT molecular complexity index is 987. The summed E-state index contributed by atoms with van der Waals surface area (Å²) >= 11 is 1.55. The topological polar surface area (TPSA) is 99.8 Å². The molecule has 0 radical (unpaired) electrons. The van der Waals surface area contributed by atoms with Gasteiger partial charge in [0.1, 0.15) is 5.69 Å². The molecule has 7 nitrogen and oxygen atoms in total. The molecule has 3 N–H and O–H groups in total. The zero-order valence-corrected chi connectivity index (χ0v) is 15.4. The quantitative estimate of drug-likeness (QED) is 0.645. The standard InChI is InChI=1S/C19H19N5O2S/c25-17-5-4-15(23-24-17)13-2-1-3-14(10-13)21-18(26)16-11-27-19(22-16)12-6-8-20-9-7-12/h1-5,10-12,20H,6-9H2,(H,21,26)(H,24,25). The first kappa shape index (κ1) is 17.6. The molecule has 138 valence electrons. The molecular formula is C19H19N5O2S. The van der Waals surface area contributed by atoms with Gasteiger partial charge in [-0.1, -0.05) is 12.1 Å². The number of rotatable bonds is 4. The van der Waals surface area contributed by atoms with Crippen molar-refractivity contribution in [2.45, 2.75) is 18.8 Å². The number of carbonyl (C=O) groups excluding carboxylic acids is 1. The minimum atomic E-state index is -0.253. The second kappa shape index (κ2) is 7.81. The van der Waals surface area contributed by atoms with Crippen molar-refractivity contribution >= 4 is 22.9 Å². The maximum absolute atomic E-state index is 12.6. The van der Waals surface area contributed by atoms with Gasteiger partial charge in [-0.3, -0.25) is 9.59 Å². The fourth-order valence-electron chi connectivity index (χ4n) is 3.10. The predicted molar refractivity (Wildman–Crippen MR) is 105 cm³/mol. The van der Waals surface area contributed by atoms with Crippen molar-refractivity contribution in [1.82, 2.24) is 20.5 Å². The van der Waals surface area contributed by atoms with Gasteiger partial charge in [0.2, 0.25) is 0 Å². The Labute approximate surface area is 159 Å². The van der Waals surface area contributed by atoms with E-state index in [4.69, 9.17) is 0 Å². The molecule has 1 fully saturated rings. The van der Waals surface area contributed by atoms with Crippen molar-refractivity contribution in [1.29, 1.82) is 0 Å². The van der Waals surface area contributed by atoms with E-state index in [9.17, 15) is 9.59 Å². The highest BCUT2D eigenvalue weighted by Gasteiger charge is 2.20. The Morgan fingerprint density at radius 2 is 2.04 bits per heavy atom. The normalized spacial score (nSPS) is 14.8. The fraction of sp³-hybridized carbons (Fsp3) is 0.263. The van der Waals surface area contributed by atoms with Crippen LogP contribution in [0.1, 0.15) is 34.3 Å². The van der Waals surface area contributed by atoms with Crippen LogP contribution < -0.4 is 16.2 Å². The predicted octanol–water partition coefficient (Wildman–Crippen LogP) is 2.61. The van der Waals surface area contributed by atoms with Gasteiger partial charge in [-0.25, -0.2) is 10.1 Å². The van der Waals surface area contributed by atoms with Crippen LogP contribution in [0.4, 0.5) is 5.69 Å². The van der Waals surface area contributed by atoms with E-state index in [0.717, 1.165) is 36.5 Å². The number of aromatic nitrogens is 3. The Hall–Kier alpha value is -2.84. The number of H-pyrrole nitrogens is 1. The molecule has 0 bridgehead atoms. The second-order valence-corrected chi connectivity index (χ2v) is 7.33. The van der Waals surface area contributed by atoms with Gasteiger partial charge in [-0.15, -0.1) is 11.3 Å². The van der Waals surface area contributed by atoms with Crippen molar-refractivity contribution in [3.63, 3.8) is 0 Å². The summed E-state index contributed by atoms with van der Waals surface area (Å²) in [5.41, 5.74) is 2.28. The van der Waals surface area contributed by atoms with Crippen LogP contribution in [0, 0.1) is 0 Å². The summed E-state index contributed by atoms with van der Waals surface area (Å²) in [6, 6.07) is 10.4. The molecule has 2 aromatic heterocycles. The van der Waals surface area contributed by atoms with Gasteiger partial charge in [0.15, 0.2) is 0 Å². The van der Waals surface area contributed by atoms with Crippen molar-refractivity contribution in [2.24, 2.45) is 0 Å². The molecule has 27 heavy (non-hydrogen) atoms. The largest absolute Gasteiger partial charge is 0.321 e. The summed E-state index contributed by atoms with van der Waals surface area (Å²) in [7, 11) is 0. The van der Waals surface area contributed by atoms with Crippen molar-refractivity contribution in [3.8, 4) is 11.3 Å². The van der Waals surface area contributed by atoms with Crippen LogP contribution in [0.25, 0.3) is 11.3 Å². The van der Waals surface area contributed by atoms with E-state index in [0.29, 0.717) is 23.0 Å². The van der Waals surface area contributed by atoms with Crippen LogP contribution in [0.2, 0.25) is 0 Å². The Kier molecular flexibility index (Phi) is 5.08. The molecule has 3 heterocycles. The van der Waals surface area contributed by atoms with Crippen molar-refractivity contribution < 1.29 is 4.79 Å². The third-order valence-electron chi connectivity index (χ3n) is 4.54. The molecular weight excluding hydrogens is 362 g/mol. The monoisotopic (exact) mass is 381 g/mol. The van der Waals surface area contributed by atoms with E-state index in [1.165, 1.54) is 6.07 Å². The van der Waals surface area contributed by atoms with E-state index in [1.54, 1.807) is 17.4 Å². The van der Waals surface area contributed by atoms with Crippen LogP contribution in [0.5, 0.6) is 0 Å². The number of amides is 1. The fourth-order valence-corrected chi connectivity index (χ4v) is 4.08. The number of aromatic amines is 1. The van der Waals surface area contributed by atoms with Crippen molar-refractivity contribution in [3.05, 3.63) is 62.8 Å². The molecule has 0 unspecified atom stereocenters. The first-order chi connectivity index (χ1) is 13.2. The highest BCUT2D eigenvalue weighted by atomic mass is 32.1. The molecule has 1 saturated heterocycles. The van der Waals surface area contributed by atoms with E-state index in [1.807, 2.05) is 29.6 Å². The molecule has 0 atom stereocenters. The maximum Gasteiger partial charge on any atom is 0.275 e. The molecule has 8 heteroatoms. The number of benzene rings is 1. The lowest BCUT2D eigenvalue weighted by Crippen LogP contribution is -2.26. The number of hydrogen-bond donors (Lipinski definition) is 3. The molecule has 1 aliphatic heterocycles. The Morgan fingerprint density at radius 1 is 1.19 bits per heavy atom. The van der Waals surface area contributed by atoms with E-state index in [2.05, 4.69) is 25.8 Å². The summed E-state index contributed by atoms with van der Waals surface area (Å²) in [5, 5.41) is 15.5. The molecule has 0 aliphatic carbocycles. The summed E-state index contributed by atoms with van der Waals surface area (Å²) in [4.78, 5) is 28.3. The van der Waals surface area contributed by atoms with Gasteiger partial charge in [0, 0.05) is 28.6 Å². The molecule has 1 aliphatic rings.